The third kappa shape index (κ3) is 2.73. The number of fused-ring (bicyclic) bond motifs is 2. The molecule has 1 aromatic carbocycles. The van der Waals surface area contributed by atoms with Crippen molar-refractivity contribution in [2.75, 3.05) is 24.7 Å². The molecule has 1 saturated heterocycles. The van der Waals surface area contributed by atoms with Gasteiger partial charge in [0.25, 0.3) is 11.7 Å². The lowest BCUT2D eigenvalue weighted by atomic mass is 10.1. The van der Waals surface area contributed by atoms with Gasteiger partial charge in [0, 0.05) is 34.3 Å². The lowest BCUT2D eigenvalue weighted by Gasteiger charge is -2.32. The highest BCUT2D eigenvalue weighted by Crippen LogP contribution is 2.48. The highest BCUT2D eigenvalue weighted by molar-refractivity contribution is 7.99. The minimum Gasteiger partial charge on any atom is -0.338 e. The third-order valence-electron chi connectivity index (χ3n) is 5.05. The van der Waals surface area contributed by atoms with E-state index in [0.29, 0.717) is 19.1 Å². The second-order valence-corrected chi connectivity index (χ2v) is 8.14. The van der Waals surface area contributed by atoms with Gasteiger partial charge in [0.05, 0.1) is 18.9 Å². The van der Waals surface area contributed by atoms with Crippen molar-refractivity contribution in [3.05, 3.63) is 48.3 Å². The van der Waals surface area contributed by atoms with Gasteiger partial charge in [-0.2, -0.15) is 0 Å². The Hall–Kier alpha value is -1.89. The van der Waals surface area contributed by atoms with E-state index in [1.807, 2.05) is 35.4 Å². The Morgan fingerprint density at radius 1 is 1.19 bits per heavy atom. The molecule has 0 atom stereocenters. The van der Waals surface area contributed by atoms with E-state index in [2.05, 4.69) is 11.1 Å². The van der Waals surface area contributed by atoms with E-state index in [4.69, 9.17) is 9.47 Å². The molecule has 1 aromatic heterocycles. The number of hydrogen-bond acceptors (Lipinski definition) is 5. The van der Waals surface area contributed by atoms with Gasteiger partial charge in [-0.25, -0.2) is 0 Å². The molecule has 134 valence electrons. The molecular weight excluding hydrogens is 348 g/mol. The topological polar surface area (TPSA) is 51.7 Å². The summed E-state index contributed by atoms with van der Waals surface area (Å²) in [5.74, 6) is -0.717. The molecule has 5 rings (SSSR count). The first-order chi connectivity index (χ1) is 12.8. The molecule has 0 bridgehead atoms. The van der Waals surface area contributed by atoms with Crippen molar-refractivity contribution >= 4 is 23.4 Å². The lowest BCUT2D eigenvalue weighted by molar-refractivity contribution is -0.256. The van der Waals surface area contributed by atoms with E-state index in [1.165, 1.54) is 12.8 Å². The van der Waals surface area contributed by atoms with Gasteiger partial charge in [-0.3, -0.25) is 9.78 Å². The fraction of sp³-hybridized carbons (Fsp3) is 0.400. The number of carbonyl (C=O) groups is 1. The molecule has 26 heavy (non-hydrogen) atoms. The fourth-order valence-corrected chi connectivity index (χ4v) is 4.42. The largest absolute Gasteiger partial charge is 0.338 e. The van der Waals surface area contributed by atoms with Crippen LogP contribution in [0.25, 0.3) is 0 Å². The number of amides is 1. The van der Waals surface area contributed by atoms with Crippen molar-refractivity contribution in [3.8, 4) is 0 Å². The lowest BCUT2D eigenvalue weighted by Crippen LogP contribution is -2.47. The molecule has 2 fully saturated rings. The van der Waals surface area contributed by atoms with Crippen LogP contribution in [0.15, 0.2) is 52.5 Å². The summed E-state index contributed by atoms with van der Waals surface area (Å²) in [5.41, 5.74) is 1.77. The highest BCUT2D eigenvalue weighted by atomic mass is 32.2. The first-order valence-corrected chi connectivity index (χ1v) is 9.90. The Morgan fingerprint density at radius 3 is 2.77 bits per heavy atom. The van der Waals surface area contributed by atoms with E-state index < -0.39 is 5.79 Å². The molecule has 1 spiro atoms. The van der Waals surface area contributed by atoms with Gasteiger partial charge < -0.3 is 14.4 Å². The van der Waals surface area contributed by atoms with Crippen LogP contribution in [0, 0.1) is 5.92 Å². The molecule has 0 unspecified atom stereocenters. The van der Waals surface area contributed by atoms with Crippen LogP contribution in [-0.4, -0.2) is 30.6 Å². The highest BCUT2D eigenvalue weighted by Gasteiger charge is 2.55. The third-order valence-corrected chi connectivity index (χ3v) is 6.01. The summed E-state index contributed by atoms with van der Waals surface area (Å²) in [7, 11) is 0. The summed E-state index contributed by atoms with van der Waals surface area (Å²) in [4.78, 5) is 21.4. The maximum absolute atomic E-state index is 13.2. The predicted octanol–water partition coefficient (Wildman–Crippen LogP) is 3.58. The molecule has 1 aliphatic carbocycles. The molecule has 2 aliphatic heterocycles. The zero-order chi connectivity index (χ0) is 17.6. The number of ether oxygens (including phenoxy) is 2. The van der Waals surface area contributed by atoms with Gasteiger partial charge in [-0.05, 0) is 55.5 Å². The summed E-state index contributed by atoms with van der Waals surface area (Å²) in [6, 6.07) is 10.1. The number of pyridine rings is 1. The van der Waals surface area contributed by atoms with Crippen LogP contribution in [0.5, 0.6) is 0 Å². The Bertz CT molecular complexity index is 832. The summed E-state index contributed by atoms with van der Waals surface area (Å²) < 4.78 is 11.9. The number of nitrogens with zero attached hydrogens (tertiary/aromatic N) is 2. The number of aromatic nitrogens is 1. The zero-order valence-corrected chi connectivity index (χ0v) is 15.2. The Balaban J connectivity index is 1.53. The van der Waals surface area contributed by atoms with Crippen molar-refractivity contribution in [1.82, 2.24) is 4.98 Å². The maximum atomic E-state index is 13.2. The average Bonchev–Trinajstić information content (AvgIpc) is 3.48. The summed E-state index contributed by atoms with van der Waals surface area (Å²) in [6.07, 6.45) is 6.81. The van der Waals surface area contributed by atoms with Crippen molar-refractivity contribution < 1.29 is 14.3 Å². The maximum Gasteiger partial charge on any atom is 0.292 e. The van der Waals surface area contributed by atoms with Crippen molar-refractivity contribution in [3.63, 3.8) is 0 Å². The van der Waals surface area contributed by atoms with Crippen LogP contribution in [-0.2, 0) is 20.1 Å². The molecule has 2 aromatic rings. The molecule has 0 radical (unpaired) electrons. The van der Waals surface area contributed by atoms with Crippen LogP contribution in [0.4, 0.5) is 5.69 Å². The predicted molar refractivity (Wildman–Crippen MR) is 98.1 cm³/mol. The SMILES string of the molecule is O=C1N(CC2CC2)c2ccc(Sc3cccnc3)cc2C12OCCCO2. The van der Waals surface area contributed by atoms with Crippen molar-refractivity contribution in [1.29, 1.82) is 0 Å². The second kappa shape index (κ2) is 6.37. The van der Waals surface area contributed by atoms with E-state index in [1.54, 1.807) is 18.0 Å². The Morgan fingerprint density at radius 2 is 2.04 bits per heavy atom. The summed E-state index contributed by atoms with van der Waals surface area (Å²) >= 11 is 1.63. The van der Waals surface area contributed by atoms with E-state index >= 15 is 0 Å². The van der Waals surface area contributed by atoms with Crippen LogP contribution in [0.2, 0.25) is 0 Å². The van der Waals surface area contributed by atoms with E-state index in [-0.39, 0.29) is 5.91 Å². The molecule has 1 saturated carbocycles. The summed E-state index contributed by atoms with van der Waals surface area (Å²) in [5, 5.41) is 0. The number of carbonyl (C=O) groups excluding carboxylic acids is 1. The second-order valence-electron chi connectivity index (χ2n) is 7.00. The van der Waals surface area contributed by atoms with Gasteiger partial charge >= 0.3 is 0 Å². The quantitative estimate of drug-likeness (QED) is 0.826. The normalized spacial score (nSPS) is 21.2. The standard InChI is InChI=1S/C20H20N2O3S/c23-19-20(24-9-2-10-25-20)17-11-15(26-16-3-1-8-21-12-16)6-7-18(17)22(19)13-14-4-5-14/h1,3,6-8,11-12,14H,2,4-5,9-10,13H2. The van der Waals surface area contributed by atoms with Crippen LogP contribution >= 0.6 is 11.8 Å². The molecule has 5 nitrogen and oxygen atoms in total. The monoisotopic (exact) mass is 368 g/mol. The van der Waals surface area contributed by atoms with Gasteiger partial charge in [0.1, 0.15) is 0 Å². The van der Waals surface area contributed by atoms with Gasteiger partial charge in [0.15, 0.2) is 0 Å². The van der Waals surface area contributed by atoms with Gasteiger partial charge in [0.2, 0.25) is 0 Å². The van der Waals surface area contributed by atoms with Gasteiger partial charge in [-0.15, -0.1) is 0 Å². The number of anilines is 1. The van der Waals surface area contributed by atoms with Crippen LogP contribution in [0.1, 0.15) is 24.8 Å². The van der Waals surface area contributed by atoms with Crippen LogP contribution < -0.4 is 4.90 Å². The first-order valence-electron chi connectivity index (χ1n) is 9.08. The fourth-order valence-electron chi connectivity index (χ4n) is 3.57. The minimum absolute atomic E-state index is 0.0670. The summed E-state index contributed by atoms with van der Waals surface area (Å²) in [6.45, 7) is 1.85. The van der Waals surface area contributed by atoms with Gasteiger partial charge in [-0.1, -0.05) is 11.8 Å². The average molecular weight is 368 g/mol. The minimum atomic E-state index is -1.26. The number of rotatable bonds is 4. The Labute approximate surface area is 156 Å². The molecule has 3 heterocycles. The number of benzene rings is 1. The molecule has 0 N–H and O–H groups in total. The smallest absolute Gasteiger partial charge is 0.292 e. The molecular formula is C20H20N2O3S. The zero-order valence-electron chi connectivity index (χ0n) is 14.4. The van der Waals surface area contributed by atoms with E-state index in [0.717, 1.165) is 34.0 Å². The molecule has 6 heteroatoms. The first kappa shape index (κ1) is 16.3. The van der Waals surface area contributed by atoms with Crippen molar-refractivity contribution in [2.24, 2.45) is 5.92 Å². The molecule has 3 aliphatic rings. The van der Waals surface area contributed by atoms with Crippen molar-refractivity contribution in [2.45, 2.75) is 34.8 Å². The van der Waals surface area contributed by atoms with E-state index in [9.17, 15) is 4.79 Å². The Kier molecular flexibility index (Phi) is 3.99. The molecule has 1 amide bonds. The number of hydrogen-bond donors (Lipinski definition) is 0. The van der Waals surface area contributed by atoms with Crippen LogP contribution in [0.3, 0.4) is 0 Å².